The number of methoxy groups -OCH3 is 1. The summed E-state index contributed by atoms with van der Waals surface area (Å²) in [6.45, 7) is 8.22. The third-order valence-corrected chi connectivity index (χ3v) is 5.30. The predicted molar refractivity (Wildman–Crippen MR) is 90.4 cm³/mol. The van der Waals surface area contributed by atoms with Gasteiger partial charge in [-0.25, -0.2) is 4.98 Å². The van der Waals surface area contributed by atoms with Crippen LogP contribution in [-0.2, 0) is 11.3 Å². The van der Waals surface area contributed by atoms with Gasteiger partial charge in [-0.3, -0.25) is 0 Å². The fourth-order valence-corrected chi connectivity index (χ4v) is 3.48. The highest BCUT2D eigenvalue weighted by atomic mass is 32.1. The van der Waals surface area contributed by atoms with E-state index >= 15 is 0 Å². The molecular weight excluding hydrogens is 282 g/mol. The minimum atomic E-state index is 0.531. The Kier molecular flexibility index (Phi) is 6.45. The average molecular weight is 311 g/mol. The van der Waals surface area contributed by atoms with E-state index in [4.69, 9.17) is 9.72 Å². The van der Waals surface area contributed by atoms with Crippen molar-refractivity contribution in [3.8, 4) is 0 Å². The molecule has 0 saturated heterocycles. The van der Waals surface area contributed by atoms with Gasteiger partial charge in [-0.05, 0) is 31.1 Å². The molecule has 120 valence electrons. The van der Waals surface area contributed by atoms with Gasteiger partial charge in [0.1, 0.15) is 0 Å². The van der Waals surface area contributed by atoms with E-state index in [-0.39, 0.29) is 0 Å². The van der Waals surface area contributed by atoms with Gasteiger partial charge in [0.15, 0.2) is 5.13 Å². The van der Waals surface area contributed by atoms with Crippen LogP contribution < -0.4 is 10.2 Å². The van der Waals surface area contributed by atoms with Crippen LogP contribution in [0.4, 0.5) is 5.13 Å². The van der Waals surface area contributed by atoms with Crippen molar-refractivity contribution in [2.24, 2.45) is 5.92 Å². The van der Waals surface area contributed by atoms with Crippen LogP contribution in [0.1, 0.15) is 49.6 Å². The maximum atomic E-state index is 5.09. The standard InChI is InChI=1S/C16H29N3OS/c1-5-12(2)15-14(10-17-8-9-20-4)21-16(18-15)19(3)11-13-6-7-13/h12-13,17H,5-11H2,1-4H3. The molecule has 1 fully saturated rings. The number of hydrogen-bond donors (Lipinski definition) is 1. The summed E-state index contributed by atoms with van der Waals surface area (Å²) < 4.78 is 5.09. The van der Waals surface area contributed by atoms with Gasteiger partial charge < -0.3 is 15.0 Å². The van der Waals surface area contributed by atoms with Crippen molar-refractivity contribution >= 4 is 16.5 Å². The van der Waals surface area contributed by atoms with Gasteiger partial charge in [0.05, 0.1) is 12.3 Å². The van der Waals surface area contributed by atoms with Crippen LogP contribution in [0.3, 0.4) is 0 Å². The molecule has 0 amide bonds. The predicted octanol–water partition coefficient (Wildman–Crippen LogP) is 3.24. The average Bonchev–Trinajstić information content (AvgIpc) is 3.19. The highest BCUT2D eigenvalue weighted by Crippen LogP contribution is 2.35. The highest BCUT2D eigenvalue weighted by Gasteiger charge is 2.25. The second-order valence-electron chi connectivity index (χ2n) is 6.11. The molecule has 1 aliphatic rings. The lowest BCUT2D eigenvalue weighted by atomic mass is 10.0. The number of hydrogen-bond acceptors (Lipinski definition) is 5. The lowest BCUT2D eigenvalue weighted by molar-refractivity contribution is 0.199. The number of ether oxygens (including phenoxy) is 1. The maximum absolute atomic E-state index is 5.09. The van der Waals surface area contributed by atoms with Crippen molar-refractivity contribution in [1.82, 2.24) is 10.3 Å². The van der Waals surface area contributed by atoms with E-state index in [9.17, 15) is 0 Å². The fraction of sp³-hybridized carbons (Fsp3) is 0.812. The van der Waals surface area contributed by atoms with Crippen molar-refractivity contribution in [1.29, 1.82) is 0 Å². The summed E-state index contributed by atoms with van der Waals surface area (Å²) >= 11 is 1.85. The van der Waals surface area contributed by atoms with Crippen LogP contribution in [0, 0.1) is 5.92 Å². The summed E-state index contributed by atoms with van der Waals surface area (Å²) in [6.07, 6.45) is 3.92. The highest BCUT2D eigenvalue weighted by molar-refractivity contribution is 7.15. The summed E-state index contributed by atoms with van der Waals surface area (Å²) in [7, 11) is 3.92. The first-order chi connectivity index (χ1) is 10.2. The topological polar surface area (TPSA) is 37.4 Å². The number of nitrogens with one attached hydrogen (secondary N) is 1. The van der Waals surface area contributed by atoms with E-state index < -0.39 is 0 Å². The van der Waals surface area contributed by atoms with Crippen LogP contribution in [0.5, 0.6) is 0 Å². The Morgan fingerprint density at radius 3 is 2.86 bits per heavy atom. The van der Waals surface area contributed by atoms with E-state index in [0.29, 0.717) is 5.92 Å². The molecule has 1 N–H and O–H groups in total. The smallest absolute Gasteiger partial charge is 0.185 e. The Morgan fingerprint density at radius 1 is 1.48 bits per heavy atom. The molecule has 1 saturated carbocycles. The minimum Gasteiger partial charge on any atom is -0.383 e. The van der Waals surface area contributed by atoms with Crippen LogP contribution in [0.25, 0.3) is 0 Å². The molecular formula is C16H29N3OS. The van der Waals surface area contributed by atoms with E-state index in [1.807, 2.05) is 11.3 Å². The molecule has 0 bridgehead atoms. The SMILES string of the molecule is CCC(C)c1nc(N(C)CC2CC2)sc1CNCCOC. The maximum Gasteiger partial charge on any atom is 0.185 e. The fourth-order valence-electron chi connectivity index (χ4n) is 2.36. The Hall–Kier alpha value is -0.650. The number of rotatable bonds is 10. The molecule has 2 rings (SSSR count). The molecule has 1 aliphatic carbocycles. The van der Waals surface area contributed by atoms with Gasteiger partial charge in [-0.1, -0.05) is 13.8 Å². The van der Waals surface area contributed by atoms with E-state index in [2.05, 4.69) is 31.1 Å². The summed E-state index contributed by atoms with van der Waals surface area (Å²) in [5.41, 5.74) is 1.28. The number of nitrogens with zero attached hydrogens (tertiary/aromatic N) is 2. The van der Waals surface area contributed by atoms with Crippen LogP contribution in [0.2, 0.25) is 0 Å². The van der Waals surface area contributed by atoms with Crippen LogP contribution in [0.15, 0.2) is 0 Å². The van der Waals surface area contributed by atoms with E-state index in [0.717, 1.165) is 38.6 Å². The van der Waals surface area contributed by atoms with Crippen LogP contribution in [-0.4, -0.2) is 38.8 Å². The second kappa shape index (κ2) is 8.11. The molecule has 1 atom stereocenters. The normalized spacial score (nSPS) is 16.2. The van der Waals surface area contributed by atoms with Gasteiger partial charge in [0.25, 0.3) is 0 Å². The van der Waals surface area contributed by atoms with Crippen LogP contribution >= 0.6 is 11.3 Å². The minimum absolute atomic E-state index is 0.531. The van der Waals surface area contributed by atoms with Crippen molar-refractivity contribution in [2.45, 2.75) is 45.6 Å². The zero-order valence-electron chi connectivity index (χ0n) is 13.8. The van der Waals surface area contributed by atoms with Gasteiger partial charge >= 0.3 is 0 Å². The molecule has 1 aromatic heterocycles. The molecule has 0 aliphatic heterocycles. The molecule has 21 heavy (non-hydrogen) atoms. The van der Waals surface area contributed by atoms with Gasteiger partial charge in [-0.2, -0.15) is 0 Å². The van der Waals surface area contributed by atoms with Crippen molar-refractivity contribution in [3.63, 3.8) is 0 Å². The Labute approximate surface area is 132 Å². The largest absolute Gasteiger partial charge is 0.383 e. The van der Waals surface area contributed by atoms with E-state index in [1.165, 1.54) is 28.5 Å². The van der Waals surface area contributed by atoms with E-state index in [1.54, 1.807) is 7.11 Å². The Balaban J connectivity index is 2.02. The van der Waals surface area contributed by atoms with Crippen molar-refractivity contribution < 1.29 is 4.74 Å². The summed E-state index contributed by atoms with van der Waals surface area (Å²) in [6, 6.07) is 0. The molecule has 1 heterocycles. The first kappa shape index (κ1) is 16.7. The number of anilines is 1. The monoisotopic (exact) mass is 311 g/mol. The molecule has 0 aromatic carbocycles. The van der Waals surface area contributed by atoms with Crippen molar-refractivity contribution in [2.75, 3.05) is 38.8 Å². The third-order valence-electron chi connectivity index (χ3n) is 4.12. The Morgan fingerprint density at radius 2 is 2.24 bits per heavy atom. The summed E-state index contributed by atoms with van der Waals surface area (Å²) in [4.78, 5) is 8.66. The lowest BCUT2D eigenvalue weighted by Crippen LogP contribution is -2.19. The third kappa shape index (κ3) is 4.94. The quantitative estimate of drug-likeness (QED) is 0.673. The number of thiazole rings is 1. The molecule has 1 unspecified atom stereocenters. The van der Waals surface area contributed by atoms with Crippen molar-refractivity contribution in [3.05, 3.63) is 10.6 Å². The molecule has 0 spiro atoms. The summed E-state index contributed by atoms with van der Waals surface area (Å²) in [5, 5.41) is 4.64. The first-order valence-corrected chi connectivity index (χ1v) is 8.87. The molecule has 0 radical (unpaired) electrons. The van der Waals surface area contributed by atoms with Gasteiger partial charge in [-0.15, -0.1) is 11.3 Å². The zero-order valence-corrected chi connectivity index (χ0v) is 14.6. The zero-order chi connectivity index (χ0) is 15.2. The Bertz CT molecular complexity index is 431. The first-order valence-electron chi connectivity index (χ1n) is 8.06. The van der Waals surface area contributed by atoms with Gasteiger partial charge in [0, 0.05) is 38.7 Å². The summed E-state index contributed by atoms with van der Waals surface area (Å²) in [5.74, 6) is 1.43. The molecule has 4 nitrogen and oxygen atoms in total. The molecule has 1 aromatic rings. The molecule has 5 heteroatoms. The second-order valence-corrected chi connectivity index (χ2v) is 7.17. The van der Waals surface area contributed by atoms with Gasteiger partial charge in [0.2, 0.25) is 0 Å². The lowest BCUT2D eigenvalue weighted by Gasteiger charge is -2.14. The number of aromatic nitrogens is 1.